The maximum absolute atomic E-state index is 11.4. The largest absolute Gasteiger partial charge is 0.491 e. The SMILES string of the molecule is CC(=O)N1CCCN(CCCOc2ccccc2N)CC1. The monoisotopic (exact) mass is 291 g/mol. The zero-order valence-corrected chi connectivity index (χ0v) is 12.8. The molecule has 1 fully saturated rings. The van der Waals surface area contributed by atoms with E-state index in [2.05, 4.69) is 4.90 Å². The van der Waals surface area contributed by atoms with Gasteiger partial charge < -0.3 is 20.3 Å². The fourth-order valence-corrected chi connectivity index (χ4v) is 2.59. The molecule has 1 saturated heterocycles. The first-order valence-corrected chi connectivity index (χ1v) is 7.62. The Morgan fingerprint density at radius 1 is 1.24 bits per heavy atom. The summed E-state index contributed by atoms with van der Waals surface area (Å²) in [6.07, 6.45) is 2.01. The second-order valence-electron chi connectivity index (χ2n) is 5.44. The average molecular weight is 291 g/mol. The minimum absolute atomic E-state index is 0.180. The van der Waals surface area contributed by atoms with Gasteiger partial charge in [0.15, 0.2) is 0 Å². The molecule has 1 aliphatic heterocycles. The summed E-state index contributed by atoms with van der Waals surface area (Å²) in [5, 5.41) is 0. The summed E-state index contributed by atoms with van der Waals surface area (Å²) < 4.78 is 5.70. The van der Waals surface area contributed by atoms with Gasteiger partial charge in [0.2, 0.25) is 5.91 Å². The molecule has 1 aromatic rings. The van der Waals surface area contributed by atoms with E-state index in [1.807, 2.05) is 29.2 Å². The van der Waals surface area contributed by atoms with E-state index in [-0.39, 0.29) is 5.91 Å². The number of nitrogens with two attached hydrogens (primary N) is 1. The number of benzene rings is 1. The van der Waals surface area contributed by atoms with E-state index in [1.165, 1.54) is 0 Å². The van der Waals surface area contributed by atoms with Gasteiger partial charge in [0.25, 0.3) is 0 Å². The number of hydrogen-bond acceptors (Lipinski definition) is 4. The molecule has 5 heteroatoms. The van der Waals surface area contributed by atoms with Crippen LogP contribution in [0.15, 0.2) is 24.3 Å². The molecule has 0 atom stereocenters. The summed E-state index contributed by atoms with van der Waals surface area (Å²) in [6, 6.07) is 7.57. The Kier molecular flexibility index (Phi) is 5.87. The summed E-state index contributed by atoms with van der Waals surface area (Å²) in [5.41, 5.74) is 6.52. The number of amides is 1. The summed E-state index contributed by atoms with van der Waals surface area (Å²) in [5.74, 6) is 0.941. The lowest BCUT2D eigenvalue weighted by molar-refractivity contribution is -0.128. The molecule has 0 spiro atoms. The maximum Gasteiger partial charge on any atom is 0.219 e. The highest BCUT2D eigenvalue weighted by Crippen LogP contribution is 2.19. The fraction of sp³-hybridized carbons (Fsp3) is 0.562. The van der Waals surface area contributed by atoms with Crippen molar-refractivity contribution in [2.75, 3.05) is 45.1 Å². The molecule has 1 aromatic carbocycles. The Hall–Kier alpha value is -1.75. The number of rotatable bonds is 5. The molecule has 0 unspecified atom stereocenters. The zero-order chi connectivity index (χ0) is 15.1. The molecule has 21 heavy (non-hydrogen) atoms. The molecule has 0 bridgehead atoms. The van der Waals surface area contributed by atoms with Crippen molar-refractivity contribution in [3.05, 3.63) is 24.3 Å². The smallest absolute Gasteiger partial charge is 0.219 e. The van der Waals surface area contributed by atoms with Crippen LogP contribution < -0.4 is 10.5 Å². The van der Waals surface area contributed by atoms with E-state index in [1.54, 1.807) is 6.92 Å². The van der Waals surface area contributed by atoms with Gasteiger partial charge in [0, 0.05) is 33.1 Å². The number of carbonyl (C=O) groups excluding carboxylic acids is 1. The Balaban J connectivity index is 1.67. The normalized spacial score (nSPS) is 16.5. The average Bonchev–Trinajstić information content (AvgIpc) is 2.71. The predicted molar refractivity (Wildman–Crippen MR) is 84.3 cm³/mol. The number of anilines is 1. The topological polar surface area (TPSA) is 58.8 Å². The quantitative estimate of drug-likeness (QED) is 0.661. The molecular formula is C16H25N3O2. The van der Waals surface area contributed by atoms with E-state index in [0.29, 0.717) is 12.3 Å². The van der Waals surface area contributed by atoms with Crippen LogP contribution in [0.3, 0.4) is 0 Å². The van der Waals surface area contributed by atoms with E-state index in [4.69, 9.17) is 10.5 Å². The first-order valence-electron chi connectivity index (χ1n) is 7.62. The minimum atomic E-state index is 0.180. The van der Waals surface area contributed by atoms with Gasteiger partial charge in [-0.05, 0) is 31.5 Å². The first kappa shape index (κ1) is 15.6. The van der Waals surface area contributed by atoms with Crippen LogP contribution in [0, 0.1) is 0 Å². The van der Waals surface area contributed by atoms with Gasteiger partial charge in [-0.25, -0.2) is 0 Å². The lowest BCUT2D eigenvalue weighted by atomic mass is 10.3. The highest BCUT2D eigenvalue weighted by Gasteiger charge is 2.15. The van der Waals surface area contributed by atoms with Crippen molar-refractivity contribution in [3.63, 3.8) is 0 Å². The van der Waals surface area contributed by atoms with Crippen molar-refractivity contribution < 1.29 is 9.53 Å². The molecule has 0 saturated carbocycles. The number of carbonyl (C=O) groups is 1. The van der Waals surface area contributed by atoms with Crippen LogP contribution >= 0.6 is 0 Å². The van der Waals surface area contributed by atoms with Gasteiger partial charge in [-0.2, -0.15) is 0 Å². The summed E-state index contributed by atoms with van der Waals surface area (Å²) in [7, 11) is 0. The standard InChI is InChI=1S/C16H25N3O2/c1-14(20)19-10-4-8-18(11-12-19)9-5-13-21-16-7-3-2-6-15(16)17/h2-3,6-7H,4-5,8-13,17H2,1H3. The highest BCUT2D eigenvalue weighted by atomic mass is 16.5. The lowest BCUT2D eigenvalue weighted by Crippen LogP contribution is -2.34. The molecule has 5 nitrogen and oxygen atoms in total. The Bertz CT molecular complexity index is 465. The maximum atomic E-state index is 11.4. The van der Waals surface area contributed by atoms with Gasteiger partial charge in [0.05, 0.1) is 12.3 Å². The van der Waals surface area contributed by atoms with Gasteiger partial charge in [-0.15, -0.1) is 0 Å². The lowest BCUT2D eigenvalue weighted by Gasteiger charge is -2.21. The van der Waals surface area contributed by atoms with E-state index >= 15 is 0 Å². The third-order valence-electron chi connectivity index (χ3n) is 3.83. The Labute approximate surface area is 126 Å². The molecule has 1 heterocycles. The van der Waals surface area contributed by atoms with E-state index in [9.17, 15) is 4.79 Å². The number of nitrogens with zero attached hydrogens (tertiary/aromatic N) is 2. The number of hydrogen-bond donors (Lipinski definition) is 1. The van der Waals surface area contributed by atoms with Crippen molar-refractivity contribution in [1.29, 1.82) is 0 Å². The van der Waals surface area contributed by atoms with Crippen LogP contribution in [-0.4, -0.2) is 55.0 Å². The van der Waals surface area contributed by atoms with Crippen molar-refractivity contribution >= 4 is 11.6 Å². The Morgan fingerprint density at radius 2 is 2.05 bits per heavy atom. The number of para-hydroxylation sites is 2. The van der Waals surface area contributed by atoms with Gasteiger partial charge in [0.1, 0.15) is 5.75 Å². The molecule has 0 aliphatic carbocycles. The second-order valence-corrected chi connectivity index (χ2v) is 5.44. The third-order valence-corrected chi connectivity index (χ3v) is 3.83. The molecule has 0 aromatic heterocycles. The highest BCUT2D eigenvalue weighted by molar-refractivity contribution is 5.73. The first-order chi connectivity index (χ1) is 10.2. The van der Waals surface area contributed by atoms with Crippen molar-refractivity contribution in [2.45, 2.75) is 19.8 Å². The molecule has 0 radical (unpaired) electrons. The third kappa shape index (κ3) is 4.93. The van der Waals surface area contributed by atoms with Crippen molar-refractivity contribution in [3.8, 4) is 5.75 Å². The van der Waals surface area contributed by atoms with Gasteiger partial charge >= 0.3 is 0 Å². The zero-order valence-electron chi connectivity index (χ0n) is 12.8. The van der Waals surface area contributed by atoms with Crippen LogP contribution in [0.2, 0.25) is 0 Å². The summed E-state index contributed by atoms with van der Waals surface area (Å²) in [6.45, 7) is 7.03. The molecule has 2 rings (SSSR count). The molecule has 116 valence electrons. The molecular weight excluding hydrogens is 266 g/mol. The van der Waals surface area contributed by atoms with Crippen LogP contribution in [0.1, 0.15) is 19.8 Å². The summed E-state index contributed by atoms with van der Waals surface area (Å²) in [4.78, 5) is 15.7. The second kappa shape index (κ2) is 7.88. The Morgan fingerprint density at radius 3 is 2.81 bits per heavy atom. The van der Waals surface area contributed by atoms with Gasteiger partial charge in [-0.3, -0.25) is 4.79 Å². The molecule has 1 amide bonds. The number of ether oxygens (including phenoxy) is 1. The summed E-state index contributed by atoms with van der Waals surface area (Å²) >= 11 is 0. The number of nitrogen functional groups attached to an aromatic ring is 1. The van der Waals surface area contributed by atoms with Crippen LogP contribution in [0.5, 0.6) is 5.75 Å². The fourth-order valence-electron chi connectivity index (χ4n) is 2.59. The predicted octanol–water partition coefficient (Wildman–Crippen LogP) is 1.59. The van der Waals surface area contributed by atoms with E-state index < -0.39 is 0 Å². The van der Waals surface area contributed by atoms with Crippen LogP contribution in [-0.2, 0) is 4.79 Å². The molecule has 2 N–H and O–H groups in total. The van der Waals surface area contributed by atoms with E-state index in [0.717, 1.165) is 51.3 Å². The van der Waals surface area contributed by atoms with Crippen LogP contribution in [0.25, 0.3) is 0 Å². The molecule has 1 aliphatic rings. The minimum Gasteiger partial charge on any atom is -0.491 e. The van der Waals surface area contributed by atoms with Crippen LogP contribution in [0.4, 0.5) is 5.69 Å². The van der Waals surface area contributed by atoms with Gasteiger partial charge in [-0.1, -0.05) is 12.1 Å². The van der Waals surface area contributed by atoms with Crippen molar-refractivity contribution in [2.24, 2.45) is 0 Å². The van der Waals surface area contributed by atoms with Crippen molar-refractivity contribution in [1.82, 2.24) is 9.80 Å².